The number of benzene rings is 2. The molecule has 1 aliphatic carbocycles. The number of carboxylic acid groups (broad SMARTS) is 1. The summed E-state index contributed by atoms with van der Waals surface area (Å²) in [6.07, 6.45) is 0.946. The van der Waals surface area contributed by atoms with Crippen LogP contribution in [0, 0.1) is 17.3 Å². The van der Waals surface area contributed by atoms with Crippen LogP contribution < -0.4 is 10.6 Å². The summed E-state index contributed by atoms with van der Waals surface area (Å²) < 4.78 is 11.1. The first-order valence-electron chi connectivity index (χ1n) is 17.4. The Bertz CT molecular complexity index is 1470. The monoisotopic (exact) mass is 692 g/mol. The maximum absolute atomic E-state index is 14.8. The smallest absolute Gasteiger partial charge is 0.326 e. The predicted molar refractivity (Wildman–Crippen MR) is 187 cm³/mol. The molecule has 272 valence electrons. The number of nitrogens with zero attached hydrogens (tertiary/aromatic N) is 2. The number of amides is 3. The van der Waals surface area contributed by atoms with Gasteiger partial charge >= 0.3 is 11.9 Å². The number of aliphatic carboxylic acids is 1. The van der Waals surface area contributed by atoms with Gasteiger partial charge in [-0.1, -0.05) is 74.5 Å². The van der Waals surface area contributed by atoms with E-state index in [9.17, 15) is 29.1 Å². The second-order valence-electron chi connectivity index (χ2n) is 14.6. The van der Waals surface area contributed by atoms with Gasteiger partial charge in [0.2, 0.25) is 17.7 Å². The maximum Gasteiger partial charge on any atom is 0.326 e. The van der Waals surface area contributed by atoms with Gasteiger partial charge in [-0.2, -0.15) is 0 Å². The van der Waals surface area contributed by atoms with Crippen molar-refractivity contribution in [2.75, 3.05) is 39.6 Å². The third-order valence-electron chi connectivity index (χ3n) is 9.42. The zero-order chi connectivity index (χ0) is 36.5. The average molecular weight is 693 g/mol. The van der Waals surface area contributed by atoms with Gasteiger partial charge in [-0.3, -0.25) is 29.0 Å². The molecule has 2 aromatic carbocycles. The van der Waals surface area contributed by atoms with Crippen LogP contribution in [-0.4, -0.2) is 102 Å². The van der Waals surface area contributed by atoms with E-state index in [1.54, 1.807) is 45.0 Å². The Kier molecular flexibility index (Phi) is 13.2. The van der Waals surface area contributed by atoms with E-state index in [4.69, 9.17) is 9.47 Å². The Balaban J connectivity index is 1.68. The summed E-state index contributed by atoms with van der Waals surface area (Å²) in [6, 6.07) is 16.2. The van der Waals surface area contributed by atoms with Crippen LogP contribution >= 0.6 is 0 Å². The number of esters is 1. The van der Waals surface area contributed by atoms with Crippen molar-refractivity contribution in [3.8, 4) is 0 Å². The largest absolute Gasteiger partial charge is 0.480 e. The molecular weight excluding hydrogens is 640 g/mol. The first kappa shape index (κ1) is 38.5. The number of nitrogens with one attached hydrogen (secondary N) is 2. The van der Waals surface area contributed by atoms with Crippen LogP contribution in [0.15, 0.2) is 60.7 Å². The third kappa shape index (κ3) is 10.1. The summed E-state index contributed by atoms with van der Waals surface area (Å²) in [5.74, 6) is -3.79. The summed E-state index contributed by atoms with van der Waals surface area (Å²) >= 11 is 0. The summed E-state index contributed by atoms with van der Waals surface area (Å²) in [7, 11) is 0. The molecule has 12 nitrogen and oxygen atoms in total. The number of carbonyl (C=O) groups is 5. The minimum Gasteiger partial charge on any atom is -0.480 e. The Hall–Kier alpha value is -4.29. The quantitative estimate of drug-likeness (QED) is 0.178. The van der Waals surface area contributed by atoms with E-state index in [-0.39, 0.29) is 43.6 Å². The van der Waals surface area contributed by atoms with Crippen LogP contribution in [0.2, 0.25) is 0 Å². The van der Waals surface area contributed by atoms with Gasteiger partial charge in [0, 0.05) is 19.5 Å². The molecular formula is C38H52N4O8. The minimum absolute atomic E-state index is 0.0363. The van der Waals surface area contributed by atoms with E-state index in [1.165, 1.54) is 4.90 Å². The van der Waals surface area contributed by atoms with Gasteiger partial charge in [0.15, 0.2) is 6.73 Å². The molecule has 0 aromatic heterocycles. The van der Waals surface area contributed by atoms with Crippen LogP contribution in [-0.2, 0) is 46.3 Å². The molecule has 3 N–H and O–H groups in total. The van der Waals surface area contributed by atoms with Gasteiger partial charge in [0.1, 0.15) is 17.6 Å². The molecule has 12 heteroatoms. The summed E-state index contributed by atoms with van der Waals surface area (Å²) in [5, 5.41) is 15.8. The number of morpholine rings is 1. The predicted octanol–water partition coefficient (Wildman–Crippen LogP) is 3.04. The van der Waals surface area contributed by atoms with Gasteiger partial charge in [-0.05, 0) is 63.0 Å². The fraction of sp³-hybridized carbons (Fsp3) is 0.553. The lowest BCUT2D eigenvalue weighted by Crippen LogP contribution is -2.61. The van der Waals surface area contributed by atoms with Gasteiger partial charge in [-0.15, -0.1) is 0 Å². The molecule has 2 aliphatic rings. The van der Waals surface area contributed by atoms with Crippen LogP contribution in [0.25, 0.3) is 0 Å². The van der Waals surface area contributed by atoms with Crippen molar-refractivity contribution in [3.63, 3.8) is 0 Å². The zero-order valence-corrected chi connectivity index (χ0v) is 29.9. The van der Waals surface area contributed by atoms with Crippen molar-refractivity contribution in [2.24, 2.45) is 17.3 Å². The van der Waals surface area contributed by atoms with Crippen molar-refractivity contribution in [1.82, 2.24) is 20.4 Å². The first-order valence-corrected chi connectivity index (χ1v) is 17.4. The molecule has 3 amide bonds. The fourth-order valence-electron chi connectivity index (χ4n) is 6.41. The number of rotatable bonds is 16. The molecule has 2 aromatic rings. The SMILES string of the molecule is CC(C)[C@@H]1C[C@@]1(C(=O)N[C@@H](Cc1ccccc1)C(=O)O)N(COC(=O)C(C)(C)C)C(=O)[C@H](CCc1ccccc1)NC(=O)CN1CCOCC1. The molecule has 0 radical (unpaired) electrons. The lowest BCUT2D eigenvalue weighted by Gasteiger charge is -2.36. The van der Waals surface area contributed by atoms with Crippen LogP contribution in [0.4, 0.5) is 0 Å². The highest BCUT2D eigenvalue weighted by atomic mass is 16.5. The van der Waals surface area contributed by atoms with Crippen molar-refractivity contribution in [1.29, 1.82) is 0 Å². The van der Waals surface area contributed by atoms with E-state index in [1.807, 2.05) is 55.1 Å². The highest BCUT2D eigenvalue weighted by molar-refractivity contribution is 5.99. The van der Waals surface area contributed by atoms with Gasteiger partial charge in [0.25, 0.3) is 0 Å². The van der Waals surface area contributed by atoms with E-state index < -0.39 is 53.5 Å². The summed E-state index contributed by atoms with van der Waals surface area (Å²) in [4.78, 5) is 71.3. The topological polar surface area (TPSA) is 155 Å². The minimum atomic E-state index is -1.51. The van der Waals surface area contributed by atoms with Gasteiger partial charge in [-0.25, -0.2) is 4.79 Å². The third-order valence-corrected chi connectivity index (χ3v) is 9.42. The van der Waals surface area contributed by atoms with E-state index in [2.05, 4.69) is 10.6 Å². The van der Waals surface area contributed by atoms with Crippen molar-refractivity contribution >= 4 is 29.7 Å². The number of carboxylic acids is 1. The standard InChI is InChI=1S/C38H52N4O8/c1-26(2)29-23-38(29,35(47)40-31(34(45)46)22-28-14-10-7-11-15-28)42(25-50-36(48)37(3,4)5)33(44)30(17-16-27-12-8-6-9-13-27)39-32(43)24-41-18-20-49-21-19-41/h6-15,26,29-31H,16-25H2,1-5H3,(H,39,43)(H,40,47)(H,45,46)/t29-,30-,31-,38+/m0/s1. The molecule has 2 fully saturated rings. The number of carbonyl (C=O) groups excluding carboxylic acids is 4. The summed E-state index contributed by atoms with van der Waals surface area (Å²) in [6.45, 7) is 10.6. The molecule has 0 unspecified atom stereocenters. The number of ether oxygens (including phenoxy) is 2. The summed E-state index contributed by atoms with van der Waals surface area (Å²) in [5.41, 5.74) is -0.716. The van der Waals surface area contributed by atoms with E-state index in [0.29, 0.717) is 32.7 Å². The molecule has 1 saturated heterocycles. The molecule has 0 spiro atoms. The Morgan fingerprint density at radius 2 is 1.54 bits per heavy atom. The molecule has 1 saturated carbocycles. The normalized spacial score (nSPS) is 20.3. The van der Waals surface area contributed by atoms with E-state index in [0.717, 1.165) is 11.1 Å². The number of aryl methyl sites for hydroxylation is 1. The van der Waals surface area contributed by atoms with E-state index >= 15 is 0 Å². The van der Waals surface area contributed by atoms with Crippen LogP contribution in [0.1, 0.15) is 58.6 Å². The second-order valence-corrected chi connectivity index (χ2v) is 14.6. The lowest BCUT2D eigenvalue weighted by molar-refractivity contribution is -0.167. The van der Waals surface area contributed by atoms with Crippen LogP contribution in [0.5, 0.6) is 0 Å². The highest BCUT2D eigenvalue weighted by Gasteiger charge is 2.67. The Morgan fingerprint density at radius 1 is 0.940 bits per heavy atom. The van der Waals surface area contributed by atoms with Crippen LogP contribution in [0.3, 0.4) is 0 Å². The van der Waals surface area contributed by atoms with Crippen molar-refractivity contribution in [2.45, 2.75) is 77.9 Å². The van der Waals surface area contributed by atoms with Crippen molar-refractivity contribution in [3.05, 3.63) is 71.8 Å². The number of hydrogen-bond donors (Lipinski definition) is 3. The van der Waals surface area contributed by atoms with Gasteiger partial charge in [0.05, 0.1) is 25.2 Å². The molecule has 0 bridgehead atoms. The Morgan fingerprint density at radius 3 is 2.08 bits per heavy atom. The molecule has 1 aliphatic heterocycles. The zero-order valence-electron chi connectivity index (χ0n) is 29.9. The fourth-order valence-corrected chi connectivity index (χ4v) is 6.41. The maximum atomic E-state index is 14.8. The van der Waals surface area contributed by atoms with Crippen molar-refractivity contribution < 1.29 is 38.6 Å². The molecule has 4 rings (SSSR count). The number of hydrogen-bond acceptors (Lipinski definition) is 8. The highest BCUT2D eigenvalue weighted by Crippen LogP contribution is 2.53. The van der Waals surface area contributed by atoms with Gasteiger partial charge < -0.3 is 25.2 Å². The molecule has 1 heterocycles. The lowest BCUT2D eigenvalue weighted by atomic mass is 9.97. The Labute approximate surface area is 294 Å². The molecule has 4 atom stereocenters. The molecule has 50 heavy (non-hydrogen) atoms. The average Bonchev–Trinajstić information content (AvgIpc) is 3.84. The first-order chi connectivity index (χ1) is 23.7. The second kappa shape index (κ2) is 17.1.